The first-order valence-corrected chi connectivity index (χ1v) is 8.81. The highest BCUT2D eigenvalue weighted by Gasteiger charge is 2.10. The van der Waals surface area contributed by atoms with Crippen molar-refractivity contribution in [3.63, 3.8) is 0 Å². The molecule has 4 heteroatoms. The molecule has 2 rings (SSSR count). The number of hydrogen-bond donors (Lipinski definition) is 0. The molecule has 3 nitrogen and oxygen atoms in total. The van der Waals surface area contributed by atoms with Gasteiger partial charge in [0.15, 0.2) is 0 Å². The minimum Gasteiger partial charge on any atom is -0.345 e. The Kier molecular flexibility index (Phi) is 6.66. The number of rotatable bonds is 7. The number of pyridine rings is 1. The van der Waals surface area contributed by atoms with Gasteiger partial charge in [-0.15, -0.1) is 11.8 Å². The van der Waals surface area contributed by atoms with Crippen LogP contribution in [0.3, 0.4) is 0 Å². The largest absolute Gasteiger partial charge is 0.345 e. The van der Waals surface area contributed by atoms with Gasteiger partial charge in [-0.1, -0.05) is 26.0 Å². The number of carbonyl (C=O) groups excluding carboxylic acids is 1. The lowest BCUT2D eigenvalue weighted by Gasteiger charge is -2.17. The van der Waals surface area contributed by atoms with Crippen LogP contribution < -0.4 is 0 Å². The lowest BCUT2D eigenvalue weighted by molar-refractivity contribution is -0.129. The summed E-state index contributed by atoms with van der Waals surface area (Å²) in [6.07, 6.45) is 4.88. The van der Waals surface area contributed by atoms with Gasteiger partial charge in [-0.05, 0) is 41.8 Å². The van der Waals surface area contributed by atoms with Gasteiger partial charge in [-0.2, -0.15) is 0 Å². The minimum absolute atomic E-state index is 0.156. The Bertz CT molecular complexity index is 611. The van der Waals surface area contributed by atoms with Crippen LogP contribution in [0.15, 0.2) is 53.7 Å². The van der Waals surface area contributed by atoms with Crippen molar-refractivity contribution in [1.29, 1.82) is 0 Å². The highest BCUT2D eigenvalue weighted by atomic mass is 32.2. The zero-order valence-corrected chi connectivity index (χ0v) is 14.8. The van der Waals surface area contributed by atoms with E-state index in [1.807, 2.05) is 30.9 Å². The Hall–Kier alpha value is -1.81. The zero-order valence-electron chi connectivity index (χ0n) is 14.0. The van der Waals surface area contributed by atoms with Crippen LogP contribution in [0.2, 0.25) is 0 Å². The summed E-state index contributed by atoms with van der Waals surface area (Å²) in [5.74, 6) is 0.156. The number of thioether (sulfide) groups is 1. The number of benzene rings is 1. The average Bonchev–Trinajstić information content (AvgIpc) is 2.55. The van der Waals surface area contributed by atoms with E-state index in [0.717, 1.165) is 18.5 Å². The molecular formula is C19H24N2OS. The van der Waals surface area contributed by atoms with Gasteiger partial charge >= 0.3 is 0 Å². The Labute approximate surface area is 143 Å². The predicted octanol–water partition coefficient (Wildman–Crippen LogP) is 3.83. The molecule has 0 spiro atoms. The molecule has 122 valence electrons. The normalized spacial score (nSPS) is 10.8. The summed E-state index contributed by atoms with van der Waals surface area (Å²) in [5.41, 5.74) is 2.27. The van der Waals surface area contributed by atoms with Crippen molar-refractivity contribution in [2.24, 2.45) is 0 Å². The monoisotopic (exact) mass is 328 g/mol. The third-order valence-electron chi connectivity index (χ3n) is 3.56. The second-order valence-electron chi connectivity index (χ2n) is 5.91. The van der Waals surface area contributed by atoms with Gasteiger partial charge in [0.1, 0.15) is 0 Å². The predicted molar refractivity (Wildman–Crippen MR) is 96.7 cm³/mol. The maximum absolute atomic E-state index is 12.3. The minimum atomic E-state index is 0.156. The molecule has 1 amide bonds. The van der Waals surface area contributed by atoms with E-state index in [4.69, 9.17) is 0 Å². The van der Waals surface area contributed by atoms with Crippen molar-refractivity contribution in [3.8, 4) is 0 Å². The average molecular weight is 328 g/mol. The molecule has 0 radical (unpaired) electrons. The van der Waals surface area contributed by atoms with E-state index in [2.05, 4.69) is 43.1 Å². The first-order valence-electron chi connectivity index (χ1n) is 7.93. The molecule has 0 N–H and O–H groups in total. The zero-order chi connectivity index (χ0) is 16.7. The van der Waals surface area contributed by atoms with E-state index in [-0.39, 0.29) is 5.91 Å². The number of amides is 1. The van der Waals surface area contributed by atoms with Crippen LogP contribution in [-0.4, -0.2) is 34.6 Å². The lowest BCUT2D eigenvalue weighted by Crippen LogP contribution is -2.30. The maximum Gasteiger partial charge on any atom is 0.226 e. The summed E-state index contributed by atoms with van der Waals surface area (Å²) >= 11 is 1.84. The Balaban J connectivity index is 1.83. The molecular weight excluding hydrogens is 304 g/mol. The summed E-state index contributed by atoms with van der Waals surface area (Å²) in [4.78, 5) is 19.4. The molecule has 0 saturated carbocycles. The van der Waals surface area contributed by atoms with Crippen molar-refractivity contribution < 1.29 is 4.79 Å². The molecule has 0 aliphatic heterocycles. The van der Waals surface area contributed by atoms with Crippen molar-refractivity contribution in [2.75, 3.05) is 13.6 Å². The first-order chi connectivity index (χ1) is 11.0. The smallest absolute Gasteiger partial charge is 0.226 e. The van der Waals surface area contributed by atoms with Gasteiger partial charge < -0.3 is 4.90 Å². The Morgan fingerprint density at radius 2 is 1.74 bits per heavy atom. The van der Waals surface area contributed by atoms with E-state index in [1.54, 1.807) is 17.3 Å². The molecule has 0 aliphatic carbocycles. The summed E-state index contributed by atoms with van der Waals surface area (Å²) < 4.78 is 0. The standard InChI is InChI=1S/C19H24N2OS/c1-15(2)23-18-6-4-17(5-7-18)14-19(22)21(3)13-10-16-8-11-20-12-9-16/h4-9,11-12,15H,10,13-14H2,1-3H3. The molecule has 0 atom stereocenters. The van der Waals surface area contributed by atoms with Crippen LogP contribution in [-0.2, 0) is 17.6 Å². The van der Waals surface area contributed by atoms with Crippen LogP contribution >= 0.6 is 11.8 Å². The summed E-state index contributed by atoms with van der Waals surface area (Å²) in [6.45, 7) is 5.09. The number of aromatic nitrogens is 1. The molecule has 0 saturated heterocycles. The van der Waals surface area contributed by atoms with Crippen molar-refractivity contribution in [1.82, 2.24) is 9.88 Å². The Morgan fingerprint density at radius 1 is 1.09 bits per heavy atom. The van der Waals surface area contributed by atoms with Crippen LogP contribution in [0.1, 0.15) is 25.0 Å². The van der Waals surface area contributed by atoms with Crippen molar-refractivity contribution in [2.45, 2.75) is 36.8 Å². The second kappa shape index (κ2) is 8.73. The maximum atomic E-state index is 12.3. The van der Waals surface area contributed by atoms with Gasteiger partial charge in [0.2, 0.25) is 5.91 Å². The molecule has 1 aromatic carbocycles. The summed E-state index contributed by atoms with van der Waals surface area (Å²) in [5, 5.41) is 0.571. The van der Waals surface area contributed by atoms with E-state index in [9.17, 15) is 4.79 Å². The lowest BCUT2D eigenvalue weighted by atomic mass is 10.1. The van der Waals surface area contributed by atoms with Gasteiger partial charge in [0.05, 0.1) is 6.42 Å². The van der Waals surface area contributed by atoms with Gasteiger partial charge in [-0.3, -0.25) is 9.78 Å². The van der Waals surface area contributed by atoms with Crippen LogP contribution in [0.4, 0.5) is 0 Å². The highest BCUT2D eigenvalue weighted by Crippen LogP contribution is 2.23. The van der Waals surface area contributed by atoms with Gasteiger partial charge in [0.25, 0.3) is 0 Å². The van der Waals surface area contributed by atoms with Crippen LogP contribution in [0.25, 0.3) is 0 Å². The number of nitrogens with zero attached hydrogens (tertiary/aromatic N) is 2. The number of hydrogen-bond acceptors (Lipinski definition) is 3. The SMILES string of the molecule is CC(C)Sc1ccc(CC(=O)N(C)CCc2ccncc2)cc1. The highest BCUT2D eigenvalue weighted by molar-refractivity contribution is 7.99. The van der Waals surface area contributed by atoms with Gasteiger partial charge in [-0.25, -0.2) is 0 Å². The van der Waals surface area contributed by atoms with Crippen LogP contribution in [0.5, 0.6) is 0 Å². The summed E-state index contributed by atoms with van der Waals surface area (Å²) in [7, 11) is 1.87. The molecule has 2 aromatic rings. The number of carbonyl (C=O) groups is 1. The Morgan fingerprint density at radius 3 is 2.35 bits per heavy atom. The molecule has 0 bridgehead atoms. The fourth-order valence-electron chi connectivity index (χ4n) is 2.24. The van der Waals surface area contributed by atoms with E-state index >= 15 is 0 Å². The third kappa shape index (κ3) is 6.06. The fraction of sp³-hybridized carbons (Fsp3) is 0.368. The van der Waals surface area contributed by atoms with Crippen LogP contribution in [0, 0.1) is 0 Å². The first kappa shape index (κ1) is 17.5. The van der Waals surface area contributed by atoms with E-state index < -0.39 is 0 Å². The van der Waals surface area contributed by atoms with Gasteiger partial charge in [0, 0.05) is 36.1 Å². The number of likely N-dealkylation sites (N-methyl/N-ethyl adjacent to an activating group) is 1. The second-order valence-corrected chi connectivity index (χ2v) is 7.56. The molecule has 1 heterocycles. The topological polar surface area (TPSA) is 33.2 Å². The molecule has 23 heavy (non-hydrogen) atoms. The van der Waals surface area contributed by atoms with Crippen molar-refractivity contribution >= 4 is 17.7 Å². The molecule has 1 aromatic heterocycles. The summed E-state index contributed by atoms with van der Waals surface area (Å²) in [6, 6.07) is 12.3. The molecule has 0 unspecified atom stereocenters. The fourth-order valence-corrected chi connectivity index (χ4v) is 3.08. The van der Waals surface area contributed by atoms with E-state index in [0.29, 0.717) is 11.7 Å². The van der Waals surface area contributed by atoms with Crippen molar-refractivity contribution in [3.05, 3.63) is 59.9 Å². The molecule has 0 aliphatic rings. The third-order valence-corrected chi connectivity index (χ3v) is 4.58. The quantitative estimate of drug-likeness (QED) is 0.724. The van der Waals surface area contributed by atoms with E-state index in [1.165, 1.54) is 10.5 Å². The molecule has 0 fully saturated rings.